The maximum absolute atomic E-state index is 13.6. The first kappa shape index (κ1) is 27.7. The monoisotopic (exact) mass is 507 g/mol. The molecule has 0 spiro atoms. The number of hydrogen-bond acceptors (Lipinski definition) is 4. The van der Waals surface area contributed by atoms with Crippen molar-refractivity contribution >= 4 is 39.1 Å². The average molecular weight is 508 g/mol. The number of aryl methyl sites for hydroxylation is 1. The lowest BCUT2D eigenvalue weighted by atomic mass is 10.1. The van der Waals surface area contributed by atoms with Crippen LogP contribution in [0.5, 0.6) is 0 Å². The van der Waals surface area contributed by atoms with Gasteiger partial charge in [0.1, 0.15) is 12.6 Å². The molecule has 0 saturated carbocycles. The lowest BCUT2D eigenvalue weighted by Crippen LogP contribution is -2.54. The Morgan fingerprint density at radius 3 is 2.18 bits per heavy atom. The van der Waals surface area contributed by atoms with Crippen LogP contribution in [0.15, 0.2) is 48.5 Å². The number of benzene rings is 2. The van der Waals surface area contributed by atoms with Gasteiger partial charge in [-0.05, 0) is 63.4 Å². The third kappa shape index (κ3) is 7.74. The van der Waals surface area contributed by atoms with Gasteiger partial charge in [0.15, 0.2) is 0 Å². The van der Waals surface area contributed by atoms with Crippen LogP contribution in [0.3, 0.4) is 0 Å². The second kappa shape index (κ2) is 11.2. The Balaban J connectivity index is 2.43. The van der Waals surface area contributed by atoms with Crippen molar-refractivity contribution in [1.82, 2.24) is 10.2 Å². The summed E-state index contributed by atoms with van der Waals surface area (Å²) in [6.07, 6.45) is 1.68. The summed E-state index contributed by atoms with van der Waals surface area (Å²) in [4.78, 5) is 27.9. The first-order chi connectivity index (χ1) is 15.7. The van der Waals surface area contributed by atoms with E-state index in [2.05, 4.69) is 5.32 Å². The topological polar surface area (TPSA) is 86.8 Å². The second-order valence-corrected chi connectivity index (χ2v) is 11.7. The Kier molecular flexibility index (Phi) is 9.14. The van der Waals surface area contributed by atoms with Crippen LogP contribution in [-0.2, 0) is 32.6 Å². The molecular weight excluding hydrogens is 474 g/mol. The number of halogens is 1. The number of hydrogen-bond donors (Lipinski definition) is 1. The van der Waals surface area contributed by atoms with Gasteiger partial charge < -0.3 is 10.2 Å². The molecule has 9 heteroatoms. The van der Waals surface area contributed by atoms with Crippen LogP contribution in [0.2, 0.25) is 5.02 Å². The second-order valence-electron chi connectivity index (χ2n) is 9.32. The van der Waals surface area contributed by atoms with Crippen molar-refractivity contribution in [2.75, 3.05) is 17.1 Å². The summed E-state index contributed by atoms with van der Waals surface area (Å²) in [5.74, 6) is -0.808. The smallest absolute Gasteiger partial charge is 0.244 e. The van der Waals surface area contributed by atoms with Gasteiger partial charge in [-0.3, -0.25) is 13.9 Å². The van der Waals surface area contributed by atoms with Gasteiger partial charge in [-0.25, -0.2) is 8.42 Å². The highest BCUT2D eigenvalue weighted by molar-refractivity contribution is 7.92. The number of amides is 2. The van der Waals surface area contributed by atoms with Gasteiger partial charge in [-0.2, -0.15) is 0 Å². The largest absolute Gasteiger partial charge is 0.350 e. The molecular formula is C25H34ClN3O4S. The zero-order valence-electron chi connectivity index (χ0n) is 20.6. The molecule has 0 radical (unpaired) electrons. The fourth-order valence-electron chi connectivity index (χ4n) is 3.49. The van der Waals surface area contributed by atoms with Crippen LogP contribution in [-0.4, -0.2) is 49.5 Å². The van der Waals surface area contributed by atoms with Gasteiger partial charge in [-0.1, -0.05) is 48.9 Å². The minimum atomic E-state index is -3.76. The summed E-state index contributed by atoms with van der Waals surface area (Å²) in [7, 11) is -3.76. The van der Waals surface area contributed by atoms with E-state index in [1.807, 2.05) is 39.8 Å². The van der Waals surface area contributed by atoms with E-state index in [1.54, 1.807) is 43.3 Å². The molecule has 0 aliphatic rings. The van der Waals surface area contributed by atoms with Crippen molar-refractivity contribution in [3.8, 4) is 0 Å². The van der Waals surface area contributed by atoms with E-state index in [-0.39, 0.29) is 12.5 Å². The maximum atomic E-state index is 13.6. The molecule has 1 atom stereocenters. The van der Waals surface area contributed by atoms with E-state index in [4.69, 9.17) is 11.6 Å². The predicted octanol–water partition coefficient (Wildman–Crippen LogP) is 4.00. The Morgan fingerprint density at radius 2 is 1.65 bits per heavy atom. The van der Waals surface area contributed by atoms with Crippen molar-refractivity contribution in [2.24, 2.45) is 0 Å². The number of anilines is 1. The molecule has 0 bridgehead atoms. The van der Waals surface area contributed by atoms with Crippen LogP contribution in [0.25, 0.3) is 0 Å². The van der Waals surface area contributed by atoms with Crippen LogP contribution in [0, 0.1) is 0 Å². The van der Waals surface area contributed by atoms with Gasteiger partial charge in [-0.15, -0.1) is 0 Å². The van der Waals surface area contributed by atoms with E-state index in [0.717, 1.165) is 21.7 Å². The average Bonchev–Trinajstić information content (AvgIpc) is 2.74. The molecule has 0 aromatic heterocycles. The normalized spacial score (nSPS) is 12.7. The highest BCUT2D eigenvalue weighted by atomic mass is 35.5. The van der Waals surface area contributed by atoms with E-state index in [0.29, 0.717) is 17.1 Å². The molecule has 2 rings (SSSR count). The summed E-state index contributed by atoms with van der Waals surface area (Å²) in [6, 6.07) is 13.2. The van der Waals surface area contributed by atoms with Crippen molar-refractivity contribution < 1.29 is 18.0 Å². The summed E-state index contributed by atoms with van der Waals surface area (Å²) < 4.78 is 26.5. The Hall–Kier alpha value is -2.58. The molecule has 0 aliphatic heterocycles. The van der Waals surface area contributed by atoms with Crippen LogP contribution >= 0.6 is 11.6 Å². The number of carbonyl (C=O) groups is 2. The molecule has 1 N–H and O–H groups in total. The molecule has 2 aromatic rings. The van der Waals surface area contributed by atoms with Gasteiger partial charge in [0.2, 0.25) is 21.8 Å². The highest BCUT2D eigenvalue weighted by Gasteiger charge is 2.31. The Morgan fingerprint density at radius 1 is 1.06 bits per heavy atom. The van der Waals surface area contributed by atoms with E-state index in [1.165, 1.54) is 4.90 Å². The van der Waals surface area contributed by atoms with Crippen molar-refractivity contribution in [3.05, 3.63) is 64.7 Å². The fraction of sp³-hybridized carbons (Fsp3) is 0.440. The van der Waals surface area contributed by atoms with Gasteiger partial charge in [0, 0.05) is 17.1 Å². The molecule has 2 amide bonds. The number of nitrogens with one attached hydrogen (secondary N) is 1. The summed E-state index contributed by atoms with van der Waals surface area (Å²) >= 11 is 5.99. The standard InChI is InChI=1S/C25H34ClN3O4S/c1-7-20-10-8-9-11-22(20)29(34(6,32)33)17-23(30)28(16-19-12-14-21(26)15-13-19)18(2)24(31)27-25(3,4)5/h8-15,18H,7,16-17H2,1-6H3,(H,27,31). The Labute approximate surface area is 208 Å². The zero-order valence-corrected chi connectivity index (χ0v) is 22.2. The molecule has 1 unspecified atom stereocenters. The predicted molar refractivity (Wildman–Crippen MR) is 137 cm³/mol. The molecule has 186 valence electrons. The summed E-state index contributed by atoms with van der Waals surface area (Å²) in [5.41, 5.74) is 1.55. The third-order valence-corrected chi connectivity index (χ3v) is 6.63. The highest BCUT2D eigenvalue weighted by Crippen LogP contribution is 2.24. The number of carbonyl (C=O) groups excluding carboxylic acids is 2. The quantitative estimate of drug-likeness (QED) is 0.555. The summed E-state index contributed by atoms with van der Waals surface area (Å²) in [5, 5.41) is 3.45. The minimum Gasteiger partial charge on any atom is -0.350 e. The lowest BCUT2D eigenvalue weighted by molar-refractivity contribution is -0.140. The molecule has 7 nitrogen and oxygen atoms in total. The van der Waals surface area contributed by atoms with Crippen molar-refractivity contribution in [3.63, 3.8) is 0 Å². The van der Waals surface area contributed by atoms with Crippen molar-refractivity contribution in [2.45, 2.75) is 59.2 Å². The maximum Gasteiger partial charge on any atom is 0.244 e. The third-order valence-electron chi connectivity index (χ3n) is 5.25. The SMILES string of the molecule is CCc1ccccc1N(CC(=O)N(Cc1ccc(Cl)cc1)C(C)C(=O)NC(C)(C)C)S(C)(=O)=O. The van der Waals surface area contributed by atoms with Crippen molar-refractivity contribution in [1.29, 1.82) is 0 Å². The molecule has 0 saturated heterocycles. The van der Waals surface area contributed by atoms with Crippen LogP contribution < -0.4 is 9.62 Å². The lowest BCUT2D eigenvalue weighted by Gasteiger charge is -2.33. The molecule has 0 heterocycles. The van der Waals surface area contributed by atoms with E-state index in [9.17, 15) is 18.0 Å². The molecule has 34 heavy (non-hydrogen) atoms. The molecule has 0 fully saturated rings. The first-order valence-corrected chi connectivity index (χ1v) is 13.4. The van der Waals surface area contributed by atoms with Crippen LogP contribution in [0.4, 0.5) is 5.69 Å². The zero-order chi connectivity index (χ0) is 25.7. The number of sulfonamides is 1. The van der Waals surface area contributed by atoms with Crippen LogP contribution in [0.1, 0.15) is 45.7 Å². The van der Waals surface area contributed by atoms with E-state index < -0.39 is 34.1 Å². The molecule has 0 aliphatic carbocycles. The number of rotatable bonds is 9. The minimum absolute atomic E-state index is 0.127. The van der Waals surface area contributed by atoms with E-state index >= 15 is 0 Å². The molecule has 2 aromatic carbocycles. The van der Waals surface area contributed by atoms with Gasteiger partial charge in [0.05, 0.1) is 11.9 Å². The fourth-order valence-corrected chi connectivity index (χ4v) is 4.50. The summed E-state index contributed by atoms with van der Waals surface area (Å²) in [6.45, 7) is 8.84. The van der Waals surface area contributed by atoms with Gasteiger partial charge >= 0.3 is 0 Å². The Bertz CT molecular complexity index is 1110. The van der Waals surface area contributed by atoms with Gasteiger partial charge in [0.25, 0.3) is 0 Å². The number of para-hydroxylation sites is 1. The number of nitrogens with zero attached hydrogens (tertiary/aromatic N) is 2. The first-order valence-electron chi connectivity index (χ1n) is 11.1.